The van der Waals surface area contributed by atoms with Crippen molar-refractivity contribution >= 4 is 15.7 Å². The summed E-state index contributed by atoms with van der Waals surface area (Å²) in [5.74, 6) is 0.537. The Morgan fingerprint density at radius 3 is 2.35 bits per heavy atom. The van der Waals surface area contributed by atoms with Crippen molar-refractivity contribution in [3.63, 3.8) is 0 Å². The van der Waals surface area contributed by atoms with E-state index in [-0.39, 0.29) is 22.9 Å². The van der Waals surface area contributed by atoms with Gasteiger partial charge < -0.3 is 19.9 Å². The molecule has 0 heterocycles. The van der Waals surface area contributed by atoms with Gasteiger partial charge in [-0.25, -0.2) is 13.1 Å². The molecule has 0 bridgehead atoms. The van der Waals surface area contributed by atoms with Crippen molar-refractivity contribution in [2.75, 3.05) is 40.2 Å². The van der Waals surface area contributed by atoms with Crippen LogP contribution in [0.5, 0.6) is 11.5 Å². The summed E-state index contributed by atoms with van der Waals surface area (Å²) in [5.41, 5.74) is 5.96. The second-order valence-corrected chi connectivity index (χ2v) is 5.72. The molecule has 0 aromatic heterocycles. The van der Waals surface area contributed by atoms with Crippen LogP contribution in [0, 0.1) is 0 Å². The van der Waals surface area contributed by atoms with Crippen molar-refractivity contribution in [2.45, 2.75) is 11.3 Å². The molecule has 0 radical (unpaired) electrons. The van der Waals surface area contributed by atoms with Crippen molar-refractivity contribution in [1.82, 2.24) is 4.72 Å². The monoisotopic (exact) mass is 304 g/mol. The summed E-state index contributed by atoms with van der Waals surface area (Å²) in [7, 11) is 0.691. The van der Waals surface area contributed by atoms with E-state index in [4.69, 9.17) is 19.9 Å². The molecule has 8 heteroatoms. The van der Waals surface area contributed by atoms with Gasteiger partial charge in [0.2, 0.25) is 10.0 Å². The van der Waals surface area contributed by atoms with Gasteiger partial charge in [-0.15, -0.1) is 0 Å². The summed E-state index contributed by atoms with van der Waals surface area (Å²) in [6.07, 6.45) is 0.573. The Hall–Kier alpha value is -1.51. The molecule has 1 rings (SSSR count). The van der Waals surface area contributed by atoms with Gasteiger partial charge in [0, 0.05) is 26.3 Å². The maximum absolute atomic E-state index is 12.2. The zero-order valence-corrected chi connectivity index (χ0v) is 12.6. The number of methoxy groups -OCH3 is 3. The zero-order valence-electron chi connectivity index (χ0n) is 11.8. The summed E-state index contributed by atoms with van der Waals surface area (Å²) in [6, 6.07) is 2.76. The van der Waals surface area contributed by atoms with Gasteiger partial charge in [0.15, 0.2) is 0 Å². The quantitative estimate of drug-likeness (QED) is 0.539. The first-order valence-electron chi connectivity index (χ1n) is 5.96. The molecule has 0 saturated heterocycles. The Bertz CT molecular complexity index is 545. The number of nitrogens with two attached hydrogens (primary N) is 1. The van der Waals surface area contributed by atoms with Gasteiger partial charge in [0.25, 0.3) is 0 Å². The second kappa shape index (κ2) is 7.32. The van der Waals surface area contributed by atoms with E-state index >= 15 is 0 Å². The van der Waals surface area contributed by atoms with Gasteiger partial charge >= 0.3 is 0 Å². The van der Waals surface area contributed by atoms with E-state index in [1.807, 2.05) is 0 Å². The third kappa shape index (κ3) is 3.99. The van der Waals surface area contributed by atoms with Crippen LogP contribution in [0.4, 0.5) is 5.69 Å². The SMILES string of the molecule is COCCCNS(=O)(=O)c1cc(N)c(OC)cc1OC. The normalized spacial score (nSPS) is 11.3. The maximum Gasteiger partial charge on any atom is 0.244 e. The van der Waals surface area contributed by atoms with Crippen molar-refractivity contribution in [3.05, 3.63) is 12.1 Å². The third-order valence-electron chi connectivity index (χ3n) is 2.62. The summed E-state index contributed by atoms with van der Waals surface area (Å²) in [4.78, 5) is -0.0179. The molecule has 0 aliphatic rings. The smallest absolute Gasteiger partial charge is 0.244 e. The Balaban J connectivity index is 3.01. The van der Waals surface area contributed by atoms with Crippen molar-refractivity contribution < 1.29 is 22.6 Å². The maximum atomic E-state index is 12.2. The molecule has 1 aromatic carbocycles. The van der Waals surface area contributed by atoms with Crippen LogP contribution in [0.2, 0.25) is 0 Å². The average molecular weight is 304 g/mol. The van der Waals surface area contributed by atoms with Crippen LogP contribution < -0.4 is 19.9 Å². The molecule has 0 fully saturated rings. The molecule has 0 atom stereocenters. The first-order valence-corrected chi connectivity index (χ1v) is 7.44. The van der Waals surface area contributed by atoms with Gasteiger partial charge in [0.05, 0.1) is 19.9 Å². The lowest BCUT2D eigenvalue weighted by atomic mass is 10.3. The zero-order chi connectivity index (χ0) is 15.2. The fourth-order valence-electron chi connectivity index (χ4n) is 1.60. The van der Waals surface area contributed by atoms with Crippen molar-refractivity contribution in [3.8, 4) is 11.5 Å². The highest BCUT2D eigenvalue weighted by molar-refractivity contribution is 7.89. The van der Waals surface area contributed by atoms with E-state index < -0.39 is 10.0 Å². The molecule has 0 saturated carbocycles. The summed E-state index contributed by atoms with van der Waals surface area (Å²) in [6.45, 7) is 0.746. The average Bonchev–Trinajstić information content (AvgIpc) is 2.43. The van der Waals surface area contributed by atoms with Gasteiger partial charge in [0.1, 0.15) is 16.4 Å². The Morgan fingerprint density at radius 2 is 1.80 bits per heavy atom. The van der Waals surface area contributed by atoms with E-state index in [1.165, 1.54) is 26.4 Å². The molecule has 0 amide bonds. The highest BCUT2D eigenvalue weighted by Gasteiger charge is 2.21. The first-order chi connectivity index (χ1) is 9.46. The fourth-order valence-corrected chi connectivity index (χ4v) is 2.86. The highest BCUT2D eigenvalue weighted by atomic mass is 32.2. The van der Waals surface area contributed by atoms with E-state index in [9.17, 15) is 8.42 Å². The number of hydrogen-bond donors (Lipinski definition) is 2. The highest BCUT2D eigenvalue weighted by Crippen LogP contribution is 2.33. The topological polar surface area (TPSA) is 99.9 Å². The van der Waals surface area contributed by atoms with Crippen molar-refractivity contribution in [1.29, 1.82) is 0 Å². The predicted octanol–water partition coefficient (Wildman–Crippen LogP) is 0.601. The predicted molar refractivity (Wildman–Crippen MR) is 75.6 cm³/mol. The van der Waals surface area contributed by atoms with Gasteiger partial charge in [-0.1, -0.05) is 0 Å². The Kier molecular flexibility index (Phi) is 6.05. The molecule has 0 unspecified atom stereocenters. The minimum atomic E-state index is -3.70. The van der Waals surface area contributed by atoms with Gasteiger partial charge in [-0.2, -0.15) is 0 Å². The van der Waals surface area contributed by atoms with E-state index in [1.54, 1.807) is 7.11 Å². The molecule has 0 aliphatic heterocycles. The lowest BCUT2D eigenvalue weighted by Crippen LogP contribution is -2.26. The van der Waals surface area contributed by atoms with Crippen LogP contribution in [0.15, 0.2) is 17.0 Å². The number of anilines is 1. The lowest BCUT2D eigenvalue weighted by Gasteiger charge is -2.13. The lowest BCUT2D eigenvalue weighted by molar-refractivity contribution is 0.196. The van der Waals surface area contributed by atoms with E-state index in [0.717, 1.165) is 0 Å². The van der Waals surface area contributed by atoms with E-state index in [2.05, 4.69) is 4.72 Å². The minimum Gasteiger partial charge on any atom is -0.495 e. The van der Waals surface area contributed by atoms with Crippen molar-refractivity contribution in [2.24, 2.45) is 0 Å². The number of rotatable bonds is 8. The molecular weight excluding hydrogens is 284 g/mol. The minimum absolute atomic E-state index is 0.0179. The van der Waals surface area contributed by atoms with E-state index in [0.29, 0.717) is 18.8 Å². The number of nitrogens with one attached hydrogen (secondary N) is 1. The summed E-state index contributed by atoms with van der Waals surface area (Å²) < 4.78 is 41.8. The number of ether oxygens (including phenoxy) is 3. The molecule has 7 nitrogen and oxygen atoms in total. The molecule has 114 valence electrons. The third-order valence-corrected chi connectivity index (χ3v) is 4.11. The summed E-state index contributed by atoms with van der Waals surface area (Å²) in [5, 5.41) is 0. The number of sulfonamides is 1. The molecule has 20 heavy (non-hydrogen) atoms. The van der Waals surface area contributed by atoms with Crippen LogP contribution in [-0.4, -0.2) is 42.9 Å². The number of benzene rings is 1. The van der Waals surface area contributed by atoms with Crippen LogP contribution in [-0.2, 0) is 14.8 Å². The molecule has 1 aromatic rings. The molecule has 0 spiro atoms. The van der Waals surface area contributed by atoms with Crippen LogP contribution in [0.1, 0.15) is 6.42 Å². The standard InChI is InChI=1S/C12H20N2O5S/c1-17-6-4-5-14-20(15,16)12-7-9(13)10(18-2)8-11(12)19-3/h7-8,14H,4-6,13H2,1-3H3. The number of nitrogen functional groups attached to an aromatic ring is 1. The second-order valence-electron chi connectivity index (χ2n) is 3.99. The van der Waals surface area contributed by atoms with Crippen LogP contribution in [0.3, 0.4) is 0 Å². The Labute approximate surface area is 119 Å². The first kappa shape index (κ1) is 16.5. The number of hydrogen-bond acceptors (Lipinski definition) is 6. The van der Waals surface area contributed by atoms with Crippen LogP contribution in [0.25, 0.3) is 0 Å². The largest absolute Gasteiger partial charge is 0.495 e. The molecular formula is C12H20N2O5S. The molecule has 3 N–H and O–H groups in total. The fraction of sp³-hybridized carbons (Fsp3) is 0.500. The van der Waals surface area contributed by atoms with Gasteiger partial charge in [-0.05, 0) is 12.5 Å². The molecule has 0 aliphatic carbocycles. The Morgan fingerprint density at radius 1 is 1.15 bits per heavy atom. The summed E-state index contributed by atoms with van der Waals surface area (Å²) >= 11 is 0. The van der Waals surface area contributed by atoms with Crippen LogP contribution >= 0.6 is 0 Å². The van der Waals surface area contributed by atoms with Gasteiger partial charge in [-0.3, -0.25) is 0 Å².